The largest absolute Gasteiger partial charge is 0.384 e. The molecule has 0 fully saturated rings. The number of nitrogens with zero attached hydrogens (tertiary/aromatic N) is 5. The first-order valence-electron chi connectivity index (χ1n) is 5.25. The molecule has 0 saturated heterocycles. The molecule has 3 aromatic rings. The normalized spacial score (nSPS) is 10.7. The number of thiazole rings is 1. The summed E-state index contributed by atoms with van der Waals surface area (Å²) in [4.78, 5) is 13.6. The molecule has 90 valence electrons. The van der Waals surface area contributed by atoms with E-state index in [0.29, 0.717) is 11.6 Å². The third kappa shape index (κ3) is 1.95. The average Bonchev–Trinajstić information content (AvgIpc) is 2.98. The molecule has 7 heteroatoms. The molecular weight excluding hydrogens is 248 g/mol. The van der Waals surface area contributed by atoms with Crippen molar-refractivity contribution in [2.45, 2.75) is 0 Å². The van der Waals surface area contributed by atoms with Crippen molar-refractivity contribution >= 4 is 17.2 Å². The maximum absolute atomic E-state index is 5.82. The maximum atomic E-state index is 5.82. The zero-order valence-corrected chi connectivity index (χ0v) is 10.4. The molecule has 6 nitrogen and oxygen atoms in total. The molecule has 18 heavy (non-hydrogen) atoms. The fourth-order valence-corrected chi connectivity index (χ4v) is 2.16. The Bertz CT molecular complexity index is 673. The van der Waals surface area contributed by atoms with E-state index < -0.39 is 0 Å². The van der Waals surface area contributed by atoms with Crippen LogP contribution in [-0.4, -0.2) is 24.7 Å². The molecule has 0 aromatic carbocycles. The summed E-state index contributed by atoms with van der Waals surface area (Å²) in [6.45, 7) is 0. The van der Waals surface area contributed by atoms with Gasteiger partial charge < -0.3 is 5.73 Å². The highest BCUT2D eigenvalue weighted by Gasteiger charge is 2.09. The summed E-state index contributed by atoms with van der Waals surface area (Å²) >= 11 is 1.48. The number of aryl methyl sites for hydroxylation is 1. The van der Waals surface area contributed by atoms with Gasteiger partial charge in [0.1, 0.15) is 5.82 Å². The van der Waals surface area contributed by atoms with Crippen LogP contribution in [0, 0.1) is 0 Å². The molecule has 3 rings (SSSR count). The molecule has 2 N–H and O–H groups in total. The predicted octanol–water partition coefficient (Wildman–Crippen LogP) is 1.58. The lowest BCUT2D eigenvalue weighted by atomic mass is 10.2. The van der Waals surface area contributed by atoms with Gasteiger partial charge >= 0.3 is 0 Å². The van der Waals surface area contributed by atoms with Crippen molar-refractivity contribution in [3.63, 3.8) is 0 Å². The van der Waals surface area contributed by atoms with Crippen LogP contribution in [-0.2, 0) is 7.05 Å². The lowest BCUT2D eigenvalue weighted by molar-refractivity contribution is 0.768. The number of hydrogen-bond donors (Lipinski definition) is 1. The second-order valence-electron chi connectivity index (χ2n) is 3.77. The van der Waals surface area contributed by atoms with Crippen molar-refractivity contribution in [2.75, 3.05) is 5.73 Å². The van der Waals surface area contributed by atoms with Crippen LogP contribution in [0.1, 0.15) is 0 Å². The minimum absolute atomic E-state index is 0.437. The molecular formula is C11H10N6S. The van der Waals surface area contributed by atoms with Crippen LogP contribution in [0.25, 0.3) is 22.0 Å². The zero-order chi connectivity index (χ0) is 12.5. The van der Waals surface area contributed by atoms with E-state index in [1.807, 2.05) is 13.2 Å². The van der Waals surface area contributed by atoms with E-state index >= 15 is 0 Å². The molecule has 0 aliphatic carbocycles. The van der Waals surface area contributed by atoms with Gasteiger partial charge in [-0.05, 0) is 0 Å². The molecule has 0 unspecified atom stereocenters. The fraction of sp³-hybridized carbons (Fsp3) is 0.0909. The van der Waals surface area contributed by atoms with Crippen molar-refractivity contribution in [1.82, 2.24) is 24.7 Å². The second kappa shape index (κ2) is 4.19. The minimum Gasteiger partial charge on any atom is -0.384 e. The van der Waals surface area contributed by atoms with E-state index in [4.69, 9.17) is 5.73 Å². The van der Waals surface area contributed by atoms with Crippen molar-refractivity contribution in [2.24, 2.45) is 7.05 Å². The lowest BCUT2D eigenvalue weighted by Gasteiger charge is -2.02. The van der Waals surface area contributed by atoms with E-state index in [-0.39, 0.29) is 0 Å². The number of anilines is 1. The number of hydrogen-bond acceptors (Lipinski definition) is 6. The Kier molecular flexibility index (Phi) is 2.52. The fourth-order valence-electron chi connectivity index (χ4n) is 1.60. The SMILES string of the molecule is Cn1cc(-c2cc(N)nc(-c3cncs3)n2)cn1. The third-order valence-electron chi connectivity index (χ3n) is 2.40. The summed E-state index contributed by atoms with van der Waals surface area (Å²) in [6.07, 6.45) is 5.36. The van der Waals surface area contributed by atoms with Crippen LogP contribution in [0.15, 0.2) is 30.2 Å². The summed E-state index contributed by atoms with van der Waals surface area (Å²) in [5.74, 6) is 1.03. The Hall–Kier alpha value is -2.28. The summed E-state index contributed by atoms with van der Waals surface area (Å²) in [6, 6.07) is 1.74. The first kappa shape index (κ1) is 10.8. The van der Waals surface area contributed by atoms with Crippen LogP contribution in [0.4, 0.5) is 5.82 Å². The summed E-state index contributed by atoms with van der Waals surface area (Å²) in [5, 5.41) is 4.12. The van der Waals surface area contributed by atoms with Crippen LogP contribution < -0.4 is 5.73 Å². The topological polar surface area (TPSA) is 82.5 Å². The monoisotopic (exact) mass is 258 g/mol. The van der Waals surface area contributed by atoms with Crippen LogP contribution in [0.2, 0.25) is 0 Å². The number of nitrogen functional groups attached to an aromatic ring is 1. The number of rotatable bonds is 2. The van der Waals surface area contributed by atoms with Gasteiger partial charge in [-0.2, -0.15) is 5.10 Å². The maximum Gasteiger partial charge on any atom is 0.173 e. The van der Waals surface area contributed by atoms with Gasteiger partial charge in [0.15, 0.2) is 5.82 Å². The van der Waals surface area contributed by atoms with E-state index in [1.165, 1.54) is 11.3 Å². The molecule has 0 atom stereocenters. The highest BCUT2D eigenvalue weighted by atomic mass is 32.1. The molecule has 3 heterocycles. The van der Waals surface area contributed by atoms with Crippen LogP contribution in [0.3, 0.4) is 0 Å². The Morgan fingerprint density at radius 3 is 2.83 bits per heavy atom. The predicted molar refractivity (Wildman–Crippen MR) is 69.8 cm³/mol. The van der Waals surface area contributed by atoms with Crippen molar-refractivity contribution in [3.8, 4) is 22.0 Å². The second-order valence-corrected chi connectivity index (χ2v) is 4.66. The first-order valence-corrected chi connectivity index (χ1v) is 6.13. The number of aromatic nitrogens is 5. The van der Waals surface area contributed by atoms with Crippen LogP contribution in [0.5, 0.6) is 0 Å². The molecule has 0 bridgehead atoms. The highest BCUT2D eigenvalue weighted by molar-refractivity contribution is 7.13. The van der Waals surface area contributed by atoms with Gasteiger partial charge in [-0.25, -0.2) is 9.97 Å². The van der Waals surface area contributed by atoms with E-state index in [1.54, 1.807) is 28.7 Å². The lowest BCUT2D eigenvalue weighted by Crippen LogP contribution is -1.96. The van der Waals surface area contributed by atoms with E-state index in [2.05, 4.69) is 20.1 Å². The molecule has 0 saturated carbocycles. The zero-order valence-electron chi connectivity index (χ0n) is 9.61. The van der Waals surface area contributed by atoms with Gasteiger partial charge in [0.25, 0.3) is 0 Å². The Morgan fingerprint density at radius 1 is 1.28 bits per heavy atom. The third-order valence-corrected chi connectivity index (χ3v) is 3.17. The Morgan fingerprint density at radius 2 is 2.17 bits per heavy atom. The minimum atomic E-state index is 0.437. The molecule has 0 aliphatic rings. The summed E-state index contributed by atoms with van der Waals surface area (Å²) in [7, 11) is 1.86. The summed E-state index contributed by atoms with van der Waals surface area (Å²) < 4.78 is 1.72. The van der Waals surface area contributed by atoms with Crippen molar-refractivity contribution in [1.29, 1.82) is 0 Å². The standard InChI is InChI=1S/C11H10N6S/c1-17-5-7(3-14-17)8-2-10(12)16-11(15-8)9-4-13-6-18-9/h2-6H,1H3,(H2,12,15,16). The Labute approximate surface area is 107 Å². The molecule has 0 radical (unpaired) electrons. The van der Waals surface area contributed by atoms with E-state index in [9.17, 15) is 0 Å². The van der Waals surface area contributed by atoms with Crippen molar-refractivity contribution in [3.05, 3.63) is 30.2 Å². The van der Waals surface area contributed by atoms with Gasteiger partial charge in [0, 0.05) is 31.1 Å². The highest BCUT2D eigenvalue weighted by Crippen LogP contribution is 2.24. The average molecular weight is 258 g/mol. The van der Waals surface area contributed by atoms with Gasteiger partial charge in [-0.1, -0.05) is 0 Å². The van der Waals surface area contributed by atoms with Crippen molar-refractivity contribution < 1.29 is 0 Å². The molecule has 3 aromatic heterocycles. The van der Waals surface area contributed by atoms with Crippen LogP contribution >= 0.6 is 11.3 Å². The molecule has 0 amide bonds. The van der Waals surface area contributed by atoms with E-state index in [0.717, 1.165) is 16.1 Å². The molecule has 0 aliphatic heterocycles. The smallest absolute Gasteiger partial charge is 0.173 e. The molecule has 0 spiro atoms. The Balaban J connectivity index is 2.11. The van der Waals surface area contributed by atoms with Gasteiger partial charge in [-0.15, -0.1) is 11.3 Å². The summed E-state index contributed by atoms with van der Waals surface area (Å²) in [5.41, 5.74) is 9.23. The first-order chi connectivity index (χ1) is 8.72. The van der Waals surface area contributed by atoms with Gasteiger partial charge in [0.2, 0.25) is 0 Å². The quantitative estimate of drug-likeness (QED) is 0.754. The van der Waals surface area contributed by atoms with Gasteiger partial charge in [-0.3, -0.25) is 9.67 Å². The van der Waals surface area contributed by atoms with Gasteiger partial charge in [0.05, 0.1) is 22.3 Å². The number of nitrogens with two attached hydrogens (primary N) is 1.